The maximum atomic E-state index is 11.9. The molecule has 0 spiro atoms. The zero-order chi connectivity index (χ0) is 20.4. The Hall–Kier alpha value is -2.68. The number of hydrogen-bond donors (Lipinski definition) is 0. The SMILES string of the molecule is O=C(Cl)c1ccc2c(c1)C(C1c3ccccc3-c3ccc(Br)cc31)c1ccccc1-2. The van der Waals surface area contributed by atoms with Gasteiger partial charge in [0.05, 0.1) is 0 Å². The van der Waals surface area contributed by atoms with Gasteiger partial charge in [0.2, 0.25) is 0 Å². The lowest BCUT2D eigenvalue weighted by Crippen LogP contribution is -2.10. The van der Waals surface area contributed by atoms with Gasteiger partial charge in [-0.3, -0.25) is 4.79 Å². The Kier molecular flexibility index (Phi) is 4.02. The second-order valence-electron chi connectivity index (χ2n) is 7.94. The van der Waals surface area contributed by atoms with Crippen molar-refractivity contribution in [2.75, 3.05) is 0 Å². The molecule has 2 atom stereocenters. The summed E-state index contributed by atoms with van der Waals surface area (Å²) < 4.78 is 1.08. The van der Waals surface area contributed by atoms with E-state index in [-0.39, 0.29) is 11.8 Å². The summed E-state index contributed by atoms with van der Waals surface area (Å²) in [5, 5.41) is -0.414. The summed E-state index contributed by atoms with van der Waals surface area (Å²) in [6.45, 7) is 0. The molecule has 4 aromatic carbocycles. The Morgan fingerprint density at radius 3 is 1.73 bits per heavy atom. The normalized spacial score (nSPS) is 17.8. The van der Waals surface area contributed by atoms with E-state index in [0.717, 1.165) is 4.47 Å². The number of hydrogen-bond acceptors (Lipinski definition) is 1. The second-order valence-corrected chi connectivity index (χ2v) is 9.20. The van der Waals surface area contributed by atoms with Gasteiger partial charge >= 0.3 is 0 Å². The molecule has 0 saturated carbocycles. The number of rotatable bonds is 2. The van der Waals surface area contributed by atoms with Crippen molar-refractivity contribution >= 4 is 32.8 Å². The van der Waals surface area contributed by atoms with Crippen LogP contribution in [0.15, 0.2) is 89.4 Å². The van der Waals surface area contributed by atoms with Crippen molar-refractivity contribution in [1.29, 1.82) is 0 Å². The first-order valence-corrected chi connectivity index (χ1v) is 11.1. The van der Waals surface area contributed by atoms with Gasteiger partial charge in [0.1, 0.15) is 0 Å². The molecule has 0 aromatic heterocycles. The average molecular weight is 472 g/mol. The molecule has 30 heavy (non-hydrogen) atoms. The third-order valence-electron chi connectivity index (χ3n) is 6.47. The van der Waals surface area contributed by atoms with Gasteiger partial charge in [0, 0.05) is 21.9 Å². The smallest absolute Gasteiger partial charge is 0.252 e. The quantitative estimate of drug-likeness (QED) is 0.273. The predicted octanol–water partition coefficient (Wildman–Crippen LogP) is 7.75. The molecule has 4 aromatic rings. The van der Waals surface area contributed by atoms with Crippen molar-refractivity contribution in [3.05, 3.63) is 117 Å². The molecule has 2 unspecified atom stereocenters. The number of halogens is 2. The molecule has 6 rings (SSSR count). The molecule has 2 aliphatic rings. The standard InChI is InChI=1S/C27H16BrClO/c28-16-10-12-20-18-6-2-4-8-22(18)26(24(20)14-16)25-21-7-3-1-5-17(21)19-11-9-15(27(29)30)13-23(19)25/h1-14,25-26H. The van der Waals surface area contributed by atoms with Crippen LogP contribution in [0.3, 0.4) is 0 Å². The van der Waals surface area contributed by atoms with Crippen molar-refractivity contribution in [3.63, 3.8) is 0 Å². The predicted molar refractivity (Wildman–Crippen MR) is 125 cm³/mol. The Bertz CT molecular complexity index is 1360. The molecule has 2 aliphatic carbocycles. The number of carbonyl (C=O) groups is 1. The first-order chi connectivity index (χ1) is 14.6. The first-order valence-electron chi connectivity index (χ1n) is 9.95. The maximum Gasteiger partial charge on any atom is 0.252 e. The average Bonchev–Trinajstić information content (AvgIpc) is 3.25. The highest BCUT2D eigenvalue weighted by molar-refractivity contribution is 9.10. The molecular weight excluding hydrogens is 456 g/mol. The number of fused-ring (bicyclic) bond motifs is 6. The largest absolute Gasteiger partial charge is 0.276 e. The molecular formula is C27H16BrClO. The highest BCUT2D eigenvalue weighted by Gasteiger charge is 2.41. The molecule has 0 fully saturated rings. The fraction of sp³-hybridized carbons (Fsp3) is 0.0741. The van der Waals surface area contributed by atoms with E-state index in [9.17, 15) is 4.79 Å². The molecule has 0 N–H and O–H groups in total. The van der Waals surface area contributed by atoms with E-state index in [1.165, 1.54) is 44.5 Å². The number of benzene rings is 4. The van der Waals surface area contributed by atoms with Crippen LogP contribution in [0, 0.1) is 0 Å². The summed E-state index contributed by atoms with van der Waals surface area (Å²) in [6.07, 6.45) is 0. The van der Waals surface area contributed by atoms with Crippen LogP contribution in [0.2, 0.25) is 0 Å². The summed E-state index contributed by atoms with van der Waals surface area (Å²) in [5.74, 6) is 0.306. The fourth-order valence-corrected chi connectivity index (χ4v) is 5.80. The van der Waals surface area contributed by atoms with Crippen molar-refractivity contribution in [2.24, 2.45) is 0 Å². The van der Waals surface area contributed by atoms with Gasteiger partial charge in [0.15, 0.2) is 0 Å². The van der Waals surface area contributed by atoms with E-state index in [1.807, 2.05) is 18.2 Å². The van der Waals surface area contributed by atoms with Gasteiger partial charge < -0.3 is 0 Å². The van der Waals surface area contributed by atoms with Crippen LogP contribution in [-0.2, 0) is 0 Å². The van der Waals surface area contributed by atoms with E-state index < -0.39 is 5.24 Å². The van der Waals surface area contributed by atoms with Gasteiger partial charge in [-0.05, 0) is 80.4 Å². The summed E-state index contributed by atoms with van der Waals surface area (Å²) in [6, 6.07) is 29.7. The van der Waals surface area contributed by atoms with Gasteiger partial charge in [-0.25, -0.2) is 0 Å². The minimum Gasteiger partial charge on any atom is -0.276 e. The van der Waals surface area contributed by atoms with Crippen molar-refractivity contribution in [1.82, 2.24) is 0 Å². The topological polar surface area (TPSA) is 17.1 Å². The van der Waals surface area contributed by atoms with Gasteiger partial charge in [-0.15, -0.1) is 0 Å². The van der Waals surface area contributed by atoms with Crippen LogP contribution >= 0.6 is 27.5 Å². The minimum absolute atomic E-state index is 0.129. The van der Waals surface area contributed by atoms with Crippen molar-refractivity contribution < 1.29 is 4.79 Å². The molecule has 0 bridgehead atoms. The highest BCUT2D eigenvalue weighted by Crippen LogP contribution is 2.58. The molecule has 0 saturated heterocycles. The zero-order valence-corrected chi connectivity index (χ0v) is 18.2. The zero-order valence-electron chi connectivity index (χ0n) is 15.9. The van der Waals surface area contributed by atoms with E-state index in [4.69, 9.17) is 11.6 Å². The second kappa shape index (κ2) is 6.66. The Balaban J connectivity index is 1.66. The van der Waals surface area contributed by atoms with Crippen LogP contribution in [0.1, 0.15) is 44.4 Å². The summed E-state index contributed by atoms with van der Waals surface area (Å²) in [4.78, 5) is 11.9. The molecule has 0 radical (unpaired) electrons. The van der Waals surface area contributed by atoms with Crippen LogP contribution in [0.4, 0.5) is 0 Å². The Morgan fingerprint density at radius 1 is 0.633 bits per heavy atom. The van der Waals surface area contributed by atoms with E-state index in [0.29, 0.717) is 5.56 Å². The number of carbonyl (C=O) groups excluding carboxylic acids is 1. The third-order valence-corrected chi connectivity index (χ3v) is 7.18. The van der Waals surface area contributed by atoms with Gasteiger partial charge in [-0.2, -0.15) is 0 Å². The monoisotopic (exact) mass is 470 g/mol. The Labute approximate surface area is 188 Å². The lowest BCUT2D eigenvalue weighted by atomic mass is 9.78. The van der Waals surface area contributed by atoms with Crippen LogP contribution in [-0.4, -0.2) is 5.24 Å². The van der Waals surface area contributed by atoms with E-state index in [2.05, 4.69) is 82.7 Å². The molecule has 0 aliphatic heterocycles. The van der Waals surface area contributed by atoms with Gasteiger partial charge in [0.25, 0.3) is 5.24 Å². The molecule has 144 valence electrons. The third kappa shape index (κ3) is 2.50. The lowest BCUT2D eigenvalue weighted by molar-refractivity contribution is 0.108. The minimum atomic E-state index is -0.414. The van der Waals surface area contributed by atoms with Gasteiger partial charge in [-0.1, -0.05) is 76.6 Å². The van der Waals surface area contributed by atoms with Crippen LogP contribution < -0.4 is 0 Å². The van der Waals surface area contributed by atoms with E-state index >= 15 is 0 Å². The lowest BCUT2D eigenvalue weighted by Gasteiger charge is -2.24. The van der Waals surface area contributed by atoms with Crippen molar-refractivity contribution in [2.45, 2.75) is 11.8 Å². The molecule has 0 amide bonds. The highest BCUT2D eigenvalue weighted by atomic mass is 79.9. The summed E-state index contributed by atoms with van der Waals surface area (Å²) in [5.41, 5.74) is 10.7. The first kappa shape index (κ1) is 18.1. The summed E-state index contributed by atoms with van der Waals surface area (Å²) in [7, 11) is 0. The molecule has 1 nitrogen and oxygen atoms in total. The maximum absolute atomic E-state index is 11.9. The Morgan fingerprint density at radius 2 is 1.13 bits per heavy atom. The molecule has 0 heterocycles. The van der Waals surface area contributed by atoms with E-state index in [1.54, 1.807) is 0 Å². The fourth-order valence-electron chi connectivity index (χ4n) is 5.30. The van der Waals surface area contributed by atoms with Crippen molar-refractivity contribution in [3.8, 4) is 22.3 Å². The summed E-state index contributed by atoms with van der Waals surface area (Å²) >= 11 is 9.54. The molecule has 3 heteroatoms. The van der Waals surface area contributed by atoms with Crippen LogP contribution in [0.5, 0.6) is 0 Å². The van der Waals surface area contributed by atoms with Crippen LogP contribution in [0.25, 0.3) is 22.3 Å².